The van der Waals surface area contributed by atoms with E-state index >= 15 is 0 Å². The molecule has 0 bridgehead atoms. The molecule has 152 valence electrons. The molecular formula is C22H22N6OS. The number of fused-ring (bicyclic) bond motifs is 1. The van der Waals surface area contributed by atoms with Gasteiger partial charge in [0.1, 0.15) is 5.69 Å². The zero-order chi connectivity index (χ0) is 20.3. The number of thioether (sulfide) groups is 1. The molecule has 1 aromatic carbocycles. The molecule has 1 amide bonds. The van der Waals surface area contributed by atoms with Crippen molar-refractivity contribution >= 4 is 29.0 Å². The molecule has 5 rings (SSSR count). The Morgan fingerprint density at radius 3 is 2.93 bits per heavy atom. The molecule has 2 aliphatic rings. The van der Waals surface area contributed by atoms with Gasteiger partial charge in [0, 0.05) is 54.8 Å². The molecule has 1 saturated heterocycles. The number of benzene rings is 1. The molecule has 2 aromatic heterocycles. The molecule has 4 heterocycles. The predicted molar refractivity (Wildman–Crippen MR) is 119 cm³/mol. The van der Waals surface area contributed by atoms with Crippen LogP contribution in [0, 0.1) is 0 Å². The number of hydrogen-bond acceptors (Lipinski definition) is 7. The third-order valence-electron chi connectivity index (χ3n) is 5.35. The fourth-order valence-electron chi connectivity index (χ4n) is 3.86. The molecule has 0 spiro atoms. The first-order valence-corrected chi connectivity index (χ1v) is 11.1. The van der Waals surface area contributed by atoms with Gasteiger partial charge in [0.2, 0.25) is 0 Å². The van der Waals surface area contributed by atoms with Gasteiger partial charge in [-0.3, -0.25) is 9.78 Å². The van der Waals surface area contributed by atoms with E-state index in [1.807, 2.05) is 30.0 Å². The van der Waals surface area contributed by atoms with Crippen LogP contribution in [0.2, 0.25) is 0 Å². The van der Waals surface area contributed by atoms with E-state index in [4.69, 9.17) is 0 Å². The summed E-state index contributed by atoms with van der Waals surface area (Å²) in [5.41, 5.74) is 4.34. The van der Waals surface area contributed by atoms with Crippen molar-refractivity contribution in [1.29, 1.82) is 0 Å². The molecule has 8 heteroatoms. The van der Waals surface area contributed by atoms with Crippen molar-refractivity contribution in [2.75, 3.05) is 42.1 Å². The Morgan fingerprint density at radius 2 is 2.03 bits per heavy atom. The van der Waals surface area contributed by atoms with E-state index in [0.717, 1.165) is 49.6 Å². The lowest BCUT2D eigenvalue weighted by Crippen LogP contribution is -2.43. The fourth-order valence-corrected chi connectivity index (χ4v) is 5.05. The van der Waals surface area contributed by atoms with Gasteiger partial charge in [0.15, 0.2) is 5.82 Å². The van der Waals surface area contributed by atoms with Gasteiger partial charge in [-0.2, -0.15) is 0 Å². The molecule has 30 heavy (non-hydrogen) atoms. The highest BCUT2D eigenvalue weighted by Crippen LogP contribution is 2.38. The van der Waals surface area contributed by atoms with E-state index in [9.17, 15) is 4.79 Å². The minimum absolute atomic E-state index is 0.261. The third-order valence-corrected chi connectivity index (χ3v) is 6.53. The van der Waals surface area contributed by atoms with Crippen molar-refractivity contribution in [3.63, 3.8) is 0 Å². The van der Waals surface area contributed by atoms with Crippen molar-refractivity contribution in [2.45, 2.75) is 11.3 Å². The first-order valence-electron chi connectivity index (χ1n) is 10.1. The van der Waals surface area contributed by atoms with Gasteiger partial charge in [-0.25, -0.2) is 9.97 Å². The standard InChI is InChI=1S/C22H22N6OS/c29-22(27-18-14-24-7-5-19(18)28-11-9-23-10-12-28)17-4-8-25-21(26-17)16-3-1-2-15-6-13-30-20(15)16/h1-5,7-8,14,23H,6,9-13H2,(H,27,29). The maximum absolute atomic E-state index is 13.0. The van der Waals surface area contributed by atoms with Crippen LogP contribution in [0.3, 0.4) is 0 Å². The highest BCUT2D eigenvalue weighted by Gasteiger charge is 2.20. The van der Waals surface area contributed by atoms with E-state index < -0.39 is 0 Å². The summed E-state index contributed by atoms with van der Waals surface area (Å²) in [6.07, 6.45) is 6.15. The van der Waals surface area contributed by atoms with E-state index in [-0.39, 0.29) is 5.91 Å². The summed E-state index contributed by atoms with van der Waals surface area (Å²) < 4.78 is 0. The van der Waals surface area contributed by atoms with E-state index in [2.05, 4.69) is 36.6 Å². The predicted octanol–water partition coefficient (Wildman–Crippen LogP) is 2.85. The normalized spacial score (nSPS) is 15.7. The number of carbonyl (C=O) groups is 1. The number of piperazine rings is 1. The number of aromatic nitrogens is 3. The highest BCUT2D eigenvalue weighted by atomic mass is 32.2. The van der Waals surface area contributed by atoms with Crippen LogP contribution in [0.15, 0.2) is 53.8 Å². The summed E-state index contributed by atoms with van der Waals surface area (Å²) in [6.45, 7) is 3.62. The highest BCUT2D eigenvalue weighted by molar-refractivity contribution is 7.99. The number of pyridine rings is 1. The first-order chi connectivity index (χ1) is 14.8. The Morgan fingerprint density at radius 1 is 1.13 bits per heavy atom. The number of rotatable bonds is 4. The fraction of sp³-hybridized carbons (Fsp3) is 0.273. The Balaban J connectivity index is 1.41. The van der Waals surface area contributed by atoms with Crippen LogP contribution < -0.4 is 15.5 Å². The van der Waals surface area contributed by atoms with Gasteiger partial charge >= 0.3 is 0 Å². The van der Waals surface area contributed by atoms with Gasteiger partial charge in [0.25, 0.3) is 5.91 Å². The maximum Gasteiger partial charge on any atom is 0.274 e. The van der Waals surface area contributed by atoms with Crippen LogP contribution in [-0.4, -0.2) is 52.8 Å². The number of nitrogens with zero attached hydrogens (tertiary/aromatic N) is 4. The van der Waals surface area contributed by atoms with Crippen LogP contribution in [0.4, 0.5) is 11.4 Å². The molecular weight excluding hydrogens is 396 g/mol. The van der Waals surface area contributed by atoms with Crippen LogP contribution in [0.1, 0.15) is 16.1 Å². The molecule has 2 N–H and O–H groups in total. The summed E-state index contributed by atoms with van der Waals surface area (Å²) in [6, 6.07) is 9.80. The van der Waals surface area contributed by atoms with Gasteiger partial charge in [-0.15, -0.1) is 11.8 Å². The van der Waals surface area contributed by atoms with Gasteiger partial charge in [-0.05, 0) is 24.1 Å². The second-order valence-electron chi connectivity index (χ2n) is 7.24. The number of anilines is 2. The molecule has 3 aromatic rings. The second-order valence-corrected chi connectivity index (χ2v) is 8.35. The zero-order valence-electron chi connectivity index (χ0n) is 16.5. The molecule has 0 aliphatic carbocycles. The minimum Gasteiger partial charge on any atom is -0.367 e. The Hall–Kier alpha value is -2.97. The Labute approximate surface area is 179 Å². The average molecular weight is 419 g/mol. The van der Waals surface area contributed by atoms with E-state index in [0.29, 0.717) is 17.2 Å². The summed E-state index contributed by atoms with van der Waals surface area (Å²) in [5.74, 6) is 1.40. The monoisotopic (exact) mass is 418 g/mol. The van der Waals surface area contributed by atoms with Crippen LogP contribution in [0.5, 0.6) is 0 Å². The van der Waals surface area contributed by atoms with Gasteiger partial charge in [0.05, 0.1) is 17.6 Å². The maximum atomic E-state index is 13.0. The summed E-state index contributed by atoms with van der Waals surface area (Å²) in [5, 5.41) is 6.34. The molecule has 0 radical (unpaired) electrons. The summed E-state index contributed by atoms with van der Waals surface area (Å²) >= 11 is 1.82. The van der Waals surface area contributed by atoms with Crippen molar-refractivity contribution in [3.05, 3.63) is 60.2 Å². The molecule has 0 saturated carbocycles. The zero-order valence-corrected chi connectivity index (χ0v) is 17.3. The van der Waals surface area contributed by atoms with Crippen molar-refractivity contribution < 1.29 is 4.79 Å². The first kappa shape index (κ1) is 19.0. The van der Waals surface area contributed by atoms with Crippen molar-refractivity contribution in [1.82, 2.24) is 20.3 Å². The third kappa shape index (κ3) is 3.76. The largest absolute Gasteiger partial charge is 0.367 e. The number of carbonyl (C=O) groups excluding carboxylic acids is 1. The smallest absolute Gasteiger partial charge is 0.274 e. The van der Waals surface area contributed by atoms with Crippen molar-refractivity contribution in [3.8, 4) is 11.4 Å². The summed E-state index contributed by atoms with van der Waals surface area (Å²) in [4.78, 5) is 29.7. The summed E-state index contributed by atoms with van der Waals surface area (Å²) in [7, 11) is 0. The van der Waals surface area contributed by atoms with Gasteiger partial charge in [-0.1, -0.05) is 18.2 Å². The van der Waals surface area contributed by atoms with Crippen LogP contribution >= 0.6 is 11.8 Å². The quantitative estimate of drug-likeness (QED) is 0.674. The van der Waals surface area contributed by atoms with Crippen LogP contribution in [-0.2, 0) is 6.42 Å². The molecule has 2 aliphatic heterocycles. The lowest BCUT2D eigenvalue weighted by molar-refractivity contribution is 0.102. The molecule has 1 fully saturated rings. The van der Waals surface area contributed by atoms with Crippen LogP contribution in [0.25, 0.3) is 11.4 Å². The lowest BCUT2D eigenvalue weighted by Gasteiger charge is -2.30. The Kier molecular flexibility index (Phi) is 5.33. The number of hydrogen-bond donors (Lipinski definition) is 2. The van der Waals surface area contributed by atoms with Crippen molar-refractivity contribution in [2.24, 2.45) is 0 Å². The van der Waals surface area contributed by atoms with E-state index in [1.165, 1.54) is 10.5 Å². The minimum atomic E-state index is -0.261. The number of amides is 1. The molecule has 0 atom stereocenters. The SMILES string of the molecule is O=C(Nc1cnccc1N1CCNCC1)c1ccnc(-c2cccc3c2SCC3)n1. The number of nitrogens with one attached hydrogen (secondary N) is 2. The molecule has 7 nitrogen and oxygen atoms in total. The Bertz CT molecular complexity index is 1080. The number of aryl methyl sites for hydroxylation is 1. The molecule has 0 unspecified atom stereocenters. The van der Waals surface area contributed by atoms with Gasteiger partial charge < -0.3 is 15.5 Å². The topological polar surface area (TPSA) is 83.0 Å². The second kappa shape index (κ2) is 8.41. The lowest BCUT2D eigenvalue weighted by atomic mass is 10.1. The average Bonchev–Trinajstić information content (AvgIpc) is 3.29. The van der Waals surface area contributed by atoms with E-state index in [1.54, 1.807) is 24.7 Å².